The minimum absolute atomic E-state index is 0.0458. The number of rotatable bonds is 3. The number of aromatic nitrogens is 3. The maximum absolute atomic E-state index is 4.40. The molecule has 0 bridgehead atoms. The van der Waals surface area contributed by atoms with E-state index in [9.17, 15) is 0 Å². The van der Waals surface area contributed by atoms with Crippen LogP contribution in [-0.2, 0) is 6.42 Å². The number of fused-ring (bicyclic) bond motifs is 1. The molecule has 0 aliphatic carbocycles. The van der Waals surface area contributed by atoms with E-state index in [2.05, 4.69) is 83.9 Å². The van der Waals surface area contributed by atoms with E-state index in [0.717, 1.165) is 18.1 Å². The highest BCUT2D eigenvalue weighted by atomic mass is 15.4. The summed E-state index contributed by atoms with van der Waals surface area (Å²) in [6, 6.07) is 17.3. The fourth-order valence-electron chi connectivity index (χ4n) is 3.11. The molecule has 0 amide bonds. The summed E-state index contributed by atoms with van der Waals surface area (Å²) in [7, 11) is 0. The summed E-state index contributed by atoms with van der Waals surface area (Å²) in [5, 5.41) is 7.79. The Hall–Kier alpha value is -2.88. The normalized spacial score (nSPS) is 16.2. The Labute approximate surface area is 141 Å². The second kappa shape index (κ2) is 5.96. The Morgan fingerprint density at radius 1 is 1.12 bits per heavy atom. The highest BCUT2D eigenvalue weighted by Gasteiger charge is 2.23. The van der Waals surface area contributed by atoms with Crippen LogP contribution in [0.25, 0.3) is 5.70 Å². The fraction of sp³-hybridized carbons (Fsp3) is 0.200. The number of nitrogens with one attached hydrogen (secondary N) is 1. The summed E-state index contributed by atoms with van der Waals surface area (Å²) >= 11 is 0. The third-order valence-corrected chi connectivity index (χ3v) is 4.46. The number of allylic oxidation sites excluding steroid dienone is 1. The van der Waals surface area contributed by atoms with E-state index in [1.165, 1.54) is 22.3 Å². The molecule has 120 valence electrons. The van der Waals surface area contributed by atoms with Crippen molar-refractivity contribution in [3.05, 3.63) is 83.2 Å². The first kappa shape index (κ1) is 14.7. The van der Waals surface area contributed by atoms with Gasteiger partial charge >= 0.3 is 0 Å². The molecular formula is C20H20N4. The summed E-state index contributed by atoms with van der Waals surface area (Å²) < 4.78 is 1.93. The van der Waals surface area contributed by atoms with Crippen molar-refractivity contribution in [2.24, 2.45) is 0 Å². The minimum Gasteiger partial charge on any atom is -0.324 e. The van der Waals surface area contributed by atoms with E-state index in [0.29, 0.717) is 0 Å². The Morgan fingerprint density at radius 3 is 2.71 bits per heavy atom. The van der Waals surface area contributed by atoms with Crippen LogP contribution >= 0.6 is 0 Å². The van der Waals surface area contributed by atoms with E-state index >= 15 is 0 Å². The van der Waals surface area contributed by atoms with Gasteiger partial charge in [-0.05, 0) is 36.1 Å². The maximum atomic E-state index is 4.40. The highest BCUT2D eigenvalue weighted by molar-refractivity contribution is 5.77. The first-order valence-corrected chi connectivity index (χ1v) is 8.29. The molecule has 1 aliphatic rings. The van der Waals surface area contributed by atoms with Crippen molar-refractivity contribution >= 4 is 11.6 Å². The molecule has 0 saturated carbocycles. The molecule has 1 aliphatic heterocycles. The minimum atomic E-state index is 0.0458. The average molecular weight is 316 g/mol. The van der Waals surface area contributed by atoms with Gasteiger partial charge in [0.1, 0.15) is 12.4 Å². The van der Waals surface area contributed by atoms with Gasteiger partial charge in [-0.25, -0.2) is 4.68 Å². The van der Waals surface area contributed by atoms with Crippen molar-refractivity contribution in [1.29, 1.82) is 0 Å². The maximum Gasteiger partial charge on any atom is 0.226 e. The van der Waals surface area contributed by atoms with Crippen LogP contribution in [0, 0.1) is 6.92 Å². The largest absolute Gasteiger partial charge is 0.324 e. The van der Waals surface area contributed by atoms with Crippen molar-refractivity contribution in [2.75, 3.05) is 5.32 Å². The molecule has 4 heteroatoms. The van der Waals surface area contributed by atoms with Gasteiger partial charge in [0.05, 0.1) is 0 Å². The molecule has 1 N–H and O–H groups in total. The second-order valence-corrected chi connectivity index (χ2v) is 6.14. The van der Waals surface area contributed by atoms with Crippen molar-refractivity contribution in [2.45, 2.75) is 26.3 Å². The number of benzene rings is 2. The number of anilines is 1. The third-order valence-electron chi connectivity index (χ3n) is 4.46. The van der Waals surface area contributed by atoms with E-state index in [1.807, 2.05) is 4.68 Å². The van der Waals surface area contributed by atoms with Crippen LogP contribution in [-0.4, -0.2) is 14.8 Å². The van der Waals surface area contributed by atoms with Crippen LogP contribution in [0.4, 0.5) is 5.95 Å². The molecular weight excluding hydrogens is 296 g/mol. The summed E-state index contributed by atoms with van der Waals surface area (Å²) in [6.45, 7) is 4.28. The predicted octanol–water partition coefficient (Wildman–Crippen LogP) is 4.20. The molecule has 24 heavy (non-hydrogen) atoms. The van der Waals surface area contributed by atoms with Gasteiger partial charge in [0.25, 0.3) is 0 Å². The van der Waals surface area contributed by atoms with Crippen LogP contribution in [0.2, 0.25) is 0 Å². The van der Waals surface area contributed by atoms with Gasteiger partial charge in [-0.2, -0.15) is 10.1 Å². The molecule has 0 radical (unpaired) electrons. The van der Waals surface area contributed by atoms with E-state index in [1.54, 1.807) is 6.33 Å². The molecule has 1 atom stereocenters. The van der Waals surface area contributed by atoms with Gasteiger partial charge in [0.15, 0.2) is 0 Å². The lowest BCUT2D eigenvalue weighted by Gasteiger charge is -2.24. The zero-order valence-electron chi connectivity index (χ0n) is 13.9. The Balaban J connectivity index is 1.78. The fourth-order valence-corrected chi connectivity index (χ4v) is 3.11. The standard InChI is InChI=1S/C20H20N4/c1-3-15-7-9-16(10-8-15)18-12-19(17-6-4-5-14(2)11-17)24-20(23-18)21-13-22-24/h4-13,19H,3H2,1-2H3,(H,21,22,23). The molecule has 0 saturated heterocycles. The molecule has 0 fully saturated rings. The molecule has 2 aromatic carbocycles. The average Bonchev–Trinajstić information content (AvgIpc) is 3.09. The van der Waals surface area contributed by atoms with Crippen molar-refractivity contribution in [1.82, 2.24) is 14.8 Å². The lowest BCUT2D eigenvalue weighted by Crippen LogP contribution is -2.20. The second-order valence-electron chi connectivity index (χ2n) is 6.14. The Bertz CT molecular complexity index is 890. The van der Waals surface area contributed by atoms with E-state index in [4.69, 9.17) is 0 Å². The SMILES string of the molecule is CCc1ccc(C2=CC(c3cccc(C)c3)n3ncnc3N2)cc1. The zero-order valence-corrected chi connectivity index (χ0v) is 13.9. The van der Waals surface area contributed by atoms with Gasteiger partial charge in [-0.15, -0.1) is 0 Å². The van der Waals surface area contributed by atoms with Crippen LogP contribution in [0.3, 0.4) is 0 Å². The molecule has 4 nitrogen and oxygen atoms in total. The topological polar surface area (TPSA) is 42.7 Å². The van der Waals surface area contributed by atoms with Gasteiger partial charge in [0.2, 0.25) is 5.95 Å². The number of aryl methyl sites for hydroxylation is 2. The van der Waals surface area contributed by atoms with Crippen LogP contribution < -0.4 is 5.32 Å². The summed E-state index contributed by atoms with van der Waals surface area (Å²) in [4.78, 5) is 4.36. The predicted molar refractivity (Wildman–Crippen MR) is 96.8 cm³/mol. The summed E-state index contributed by atoms with van der Waals surface area (Å²) in [5.74, 6) is 0.776. The summed E-state index contributed by atoms with van der Waals surface area (Å²) in [6.07, 6.45) is 4.87. The molecule has 2 heterocycles. The van der Waals surface area contributed by atoms with Crippen molar-refractivity contribution < 1.29 is 0 Å². The van der Waals surface area contributed by atoms with Crippen LogP contribution in [0.1, 0.15) is 35.2 Å². The Morgan fingerprint density at radius 2 is 1.96 bits per heavy atom. The number of hydrogen-bond acceptors (Lipinski definition) is 3. The first-order valence-electron chi connectivity index (χ1n) is 8.29. The lowest BCUT2D eigenvalue weighted by molar-refractivity contribution is 0.611. The smallest absolute Gasteiger partial charge is 0.226 e. The van der Waals surface area contributed by atoms with Crippen molar-refractivity contribution in [3.63, 3.8) is 0 Å². The molecule has 3 aromatic rings. The lowest BCUT2D eigenvalue weighted by atomic mass is 9.99. The van der Waals surface area contributed by atoms with Crippen molar-refractivity contribution in [3.8, 4) is 0 Å². The highest BCUT2D eigenvalue weighted by Crippen LogP contribution is 2.32. The van der Waals surface area contributed by atoms with Gasteiger partial charge in [-0.3, -0.25) is 0 Å². The third kappa shape index (κ3) is 2.60. The molecule has 1 aromatic heterocycles. The summed E-state index contributed by atoms with van der Waals surface area (Å²) in [5.41, 5.74) is 6.04. The molecule has 4 rings (SSSR count). The van der Waals surface area contributed by atoms with Crippen LogP contribution in [0.15, 0.2) is 60.9 Å². The Kier molecular flexibility index (Phi) is 3.65. The number of nitrogens with zero attached hydrogens (tertiary/aromatic N) is 3. The molecule has 0 spiro atoms. The van der Waals surface area contributed by atoms with E-state index in [-0.39, 0.29) is 6.04 Å². The molecule has 1 unspecified atom stereocenters. The number of hydrogen-bond donors (Lipinski definition) is 1. The quantitative estimate of drug-likeness (QED) is 0.787. The van der Waals surface area contributed by atoms with Gasteiger partial charge in [-0.1, -0.05) is 61.0 Å². The zero-order chi connectivity index (χ0) is 16.5. The van der Waals surface area contributed by atoms with Gasteiger partial charge in [0, 0.05) is 5.70 Å². The van der Waals surface area contributed by atoms with Gasteiger partial charge < -0.3 is 5.32 Å². The van der Waals surface area contributed by atoms with E-state index < -0.39 is 0 Å². The first-order chi connectivity index (χ1) is 11.7. The monoisotopic (exact) mass is 316 g/mol. The van der Waals surface area contributed by atoms with Crippen LogP contribution in [0.5, 0.6) is 0 Å².